The first kappa shape index (κ1) is 20.5. The molecule has 2 heterocycles. The zero-order valence-corrected chi connectivity index (χ0v) is 17.1. The van der Waals surface area contributed by atoms with Gasteiger partial charge in [0.05, 0.1) is 28.8 Å². The van der Waals surface area contributed by atoms with Crippen LogP contribution < -0.4 is 10.6 Å². The van der Waals surface area contributed by atoms with E-state index < -0.39 is 17.5 Å². The second kappa shape index (κ2) is 8.53. The lowest BCUT2D eigenvalue weighted by Gasteiger charge is -2.25. The summed E-state index contributed by atoms with van der Waals surface area (Å²) in [5, 5.41) is 10.8. The lowest BCUT2D eigenvalue weighted by atomic mass is 9.91. The fourth-order valence-corrected chi connectivity index (χ4v) is 3.90. The van der Waals surface area contributed by atoms with E-state index in [0.717, 1.165) is 61.1 Å². The number of hydrogen-bond donors (Lipinski definition) is 2. The molecular weight excluding hydrogens is 410 g/mol. The molecule has 1 aromatic heterocycles. The Hall–Kier alpha value is -2.77. The van der Waals surface area contributed by atoms with Crippen molar-refractivity contribution < 1.29 is 13.6 Å². The summed E-state index contributed by atoms with van der Waals surface area (Å²) < 4.78 is 29.3. The SMILES string of the molecule is Cc1ccc(-n2ncc(C(=O)Nc3cc(F)ccc3F)c2C2CCNCC2)cc1Cl. The van der Waals surface area contributed by atoms with Gasteiger partial charge in [0.15, 0.2) is 0 Å². The topological polar surface area (TPSA) is 59.0 Å². The zero-order valence-electron chi connectivity index (χ0n) is 16.4. The van der Waals surface area contributed by atoms with Crippen molar-refractivity contribution in [1.82, 2.24) is 15.1 Å². The summed E-state index contributed by atoms with van der Waals surface area (Å²) in [5.41, 5.74) is 2.56. The third-order valence-corrected chi connectivity index (χ3v) is 5.76. The van der Waals surface area contributed by atoms with E-state index in [-0.39, 0.29) is 11.6 Å². The van der Waals surface area contributed by atoms with Crippen LogP contribution in [0.3, 0.4) is 0 Å². The van der Waals surface area contributed by atoms with Crippen LogP contribution in [0.15, 0.2) is 42.6 Å². The highest BCUT2D eigenvalue weighted by molar-refractivity contribution is 6.31. The molecule has 156 valence electrons. The van der Waals surface area contributed by atoms with Crippen LogP contribution in [-0.4, -0.2) is 28.8 Å². The number of nitrogens with one attached hydrogen (secondary N) is 2. The summed E-state index contributed by atoms with van der Waals surface area (Å²) in [5.74, 6) is -1.77. The summed E-state index contributed by atoms with van der Waals surface area (Å²) in [6.45, 7) is 3.56. The number of amides is 1. The molecule has 0 bridgehead atoms. The van der Waals surface area contributed by atoms with Crippen molar-refractivity contribution in [2.45, 2.75) is 25.7 Å². The van der Waals surface area contributed by atoms with Crippen LogP contribution in [0.4, 0.5) is 14.5 Å². The van der Waals surface area contributed by atoms with E-state index in [0.29, 0.717) is 10.6 Å². The van der Waals surface area contributed by atoms with Gasteiger partial charge in [0.2, 0.25) is 0 Å². The number of benzene rings is 2. The molecule has 0 radical (unpaired) electrons. The largest absolute Gasteiger partial charge is 0.319 e. The molecule has 1 fully saturated rings. The number of halogens is 3. The molecule has 3 aromatic rings. The molecule has 0 spiro atoms. The zero-order chi connectivity index (χ0) is 21.3. The third-order valence-electron chi connectivity index (χ3n) is 5.35. The maximum atomic E-state index is 14.0. The van der Waals surface area contributed by atoms with Gasteiger partial charge in [-0.05, 0) is 62.7 Å². The Morgan fingerprint density at radius 1 is 1.20 bits per heavy atom. The van der Waals surface area contributed by atoms with Gasteiger partial charge in [-0.2, -0.15) is 5.10 Å². The Balaban J connectivity index is 1.75. The van der Waals surface area contributed by atoms with Gasteiger partial charge >= 0.3 is 0 Å². The fraction of sp³-hybridized carbons (Fsp3) is 0.273. The van der Waals surface area contributed by atoms with Crippen LogP contribution in [0.2, 0.25) is 5.02 Å². The predicted octanol–water partition coefficient (Wildman–Crippen LogP) is 4.83. The van der Waals surface area contributed by atoms with E-state index in [1.165, 1.54) is 6.20 Å². The average Bonchev–Trinajstić information content (AvgIpc) is 3.18. The first-order valence-electron chi connectivity index (χ1n) is 9.75. The molecule has 1 saturated heterocycles. The second-order valence-electron chi connectivity index (χ2n) is 7.39. The molecule has 0 saturated carbocycles. The monoisotopic (exact) mass is 430 g/mol. The molecule has 0 unspecified atom stereocenters. The smallest absolute Gasteiger partial charge is 0.259 e. The quantitative estimate of drug-likeness (QED) is 0.623. The summed E-state index contributed by atoms with van der Waals surface area (Å²) in [4.78, 5) is 13.0. The number of rotatable bonds is 4. The number of piperidine rings is 1. The summed E-state index contributed by atoms with van der Waals surface area (Å²) in [7, 11) is 0. The van der Waals surface area contributed by atoms with Gasteiger partial charge in [-0.15, -0.1) is 0 Å². The average molecular weight is 431 g/mol. The van der Waals surface area contributed by atoms with Crippen LogP contribution >= 0.6 is 11.6 Å². The minimum atomic E-state index is -0.703. The predicted molar refractivity (Wildman–Crippen MR) is 112 cm³/mol. The lowest BCUT2D eigenvalue weighted by molar-refractivity contribution is 0.102. The van der Waals surface area contributed by atoms with Crippen molar-refractivity contribution in [3.05, 3.63) is 76.1 Å². The van der Waals surface area contributed by atoms with Crippen LogP contribution in [0, 0.1) is 18.6 Å². The molecule has 2 aromatic carbocycles. The minimum absolute atomic E-state index is 0.0898. The number of anilines is 1. The van der Waals surface area contributed by atoms with Crippen molar-refractivity contribution in [2.75, 3.05) is 18.4 Å². The molecule has 8 heteroatoms. The Kier molecular flexibility index (Phi) is 5.83. The highest BCUT2D eigenvalue weighted by atomic mass is 35.5. The van der Waals surface area contributed by atoms with Crippen LogP contribution in [0.1, 0.15) is 40.4 Å². The Labute approximate surface area is 178 Å². The summed E-state index contributed by atoms with van der Waals surface area (Å²) in [6.07, 6.45) is 3.14. The van der Waals surface area contributed by atoms with E-state index in [1.807, 2.05) is 25.1 Å². The van der Waals surface area contributed by atoms with Crippen molar-refractivity contribution in [1.29, 1.82) is 0 Å². The van der Waals surface area contributed by atoms with E-state index in [1.54, 1.807) is 4.68 Å². The number of aromatic nitrogens is 2. The van der Waals surface area contributed by atoms with Gasteiger partial charge in [0.1, 0.15) is 11.6 Å². The molecule has 0 atom stereocenters. The fourth-order valence-electron chi connectivity index (χ4n) is 3.72. The van der Waals surface area contributed by atoms with E-state index >= 15 is 0 Å². The Morgan fingerprint density at radius 2 is 1.97 bits per heavy atom. The maximum absolute atomic E-state index is 14.0. The molecule has 1 aliphatic rings. The molecule has 30 heavy (non-hydrogen) atoms. The van der Waals surface area contributed by atoms with Crippen LogP contribution in [-0.2, 0) is 0 Å². The normalized spacial score (nSPS) is 14.7. The van der Waals surface area contributed by atoms with E-state index in [2.05, 4.69) is 15.7 Å². The number of nitrogens with zero attached hydrogens (tertiary/aromatic N) is 2. The maximum Gasteiger partial charge on any atom is 0.259 e. The second-order valence-corrected chi connectivity index (χ2v) is 7.80. The van der Waals surface area contributed by atoms with Crippen molar-refractivity contribution >= 4 is 23.2 Å². The number of hydrogen-bond acceptors (Lipinski definition) is 3. The van der Waals surface area contributed by atoms with Gasteiger partial charge in [0, 0.05) is 17.0 Å². The molecule has 1 aliphatic heterocycles. The molecule has 0 aliphatic carbocycles. The number of carbonyl (C=O) groups excluding carboxylic acids is 1. The third kappa shape index (κ3) is 4.08. The highest BCUT2D eigenvalue weighted by Crippen LogP contribution is 2.32. The Morgan fingerprint density at radius 3 is 2.70 bits per heavy atom. The van der Waals surface area contributed by atoms with Gasteiger partial charge in [0.25, 0.3) is 5.91 Å². The van der Waals surface area contributed by atoms with Gasteiger partial charge in [-0.25, -0.2) is 13.5 Å². The highest BCUT2D eigenvalue weighted by Gasteiger charge is 2.27. The van der Waals surface area contributed by atoms with Gasteiger partial charge < -0.3 is 10.6 Å². The van der Waals surface area contributed by atoms with E-state index in [4.69, 9.17) is 11.6 Å². The molecule has 5 nitrogen and oxygen atoms in total. The number of aryl methyl sites for hydroxylation is 1. The van der Waals surface area contributed by atoms with Crippen molar-refractivity contribution in [2.24, 2.45) is 0 Å². The van der Waals surface area contributed by atoms with Crippen LogP contribution in [0.25, 0.3) is 5.69 Å². The van der Waals surface area contributed by atoms with Gasteiger partial charge in [-0.3, -0.25) is 4.79 Å². The summed E-state index contributed by atoms with van der Waals surface area (Å²) in [6, 6.07) is 8.55. The first-order valence-corrected chi connectivity index (χ1v) is 10.1. The Bertz CT molecular complexity index is 1090. The van der Waals surface area contributed by atoms with E-state index in [9.17, 15) is 13.6 Å². The van der Waals surface area contributed by atoms with Crippen LogP contribution in [0.5, 0.6) is 0 Å². The lowest BCUT2D eigenvalue weighted by Crippen LogP contribution is -2.29. The molecule has 4 rings (SSSR count). The van der Waals surface area contributed by atoms with Gasteiger partial charge in [-0.1, -0.05) is 17.7 Å². The molecular formula is C22H21ClF2N4O. The molecule has 1 amide bonds. The molecule has 2 N–H and O–H groups in total. The van der Waals surface area contributed by atoms with Crippen molar-refractivity contribution in [3.8, 4) is 5.69 Å². The summed E-state index contributed by atoms with van der Waals surface area (Å²) >= 11 is 6.30. The van der Waals surface area contributed by atoms with Crippen molar-refractivity contribution in [3.63, 3.8) is 0 Å². The number of carbonyl (C=O) groups is 1. The first-order chi connectivity index (χ1) is 14.4. The minimum Gasteiger partial charge on any atom is -0.319 e. The standard InChI is InChI=1S/C22H21ClF2N4O/c1-13-2-4-16(11-18(13)23)29-21(14-6-8-26-9-7-14)17(12-27-29)22(30)28-20-10-15(24)3-5-19(20)25/h2-5,10-12,14,26H,6-9H2,1H3,(H,28,30).